The molecule has 27 heavy (non-hydrogen) atoms. The number of benzene rings is 2. The molecule has 1 spiro atoms. The Morgan fingerprint density at radius 2 is 1.81 bits per heavy atom. The van der Waals surface area contributed by atoms with Gasteiger partial charge in [0.2, 0.25) is 5.91 Å². The van der Waals surface area contributed by atoms with E-state index in [4.69, 9.17) is 9.47 Å². The van der Waals surface area contributed by atoms with Crippen LogP contribution in [0.1, 0.15) is 35.1 Å². The van der Waals surface area contributed by atoms with Gasteiger partial charge in [0.25, 0.3) is 0 Å². The van der Waals surface area contributed by atoms with Gasteiger partial charge in [-0.25, -0.2) is 0 Å². The highest BCUT2D eigenvalue weighted by atomic mass is 16.5. The SMILES string of the molecule is Cc1cc2c(cc1C)C1(CO2)C(=O)N(CC2CCOCC2)c2ccccc21. The van der Waals surface area contributed by atoms with E-state index in [9.17, 15) is 4.79 Å². The molecule has 1 fully saturated rings. The number of carbonyl (C=O) groups is 1. The molecule has 0 saturated carbocycles. The van der Waals surface area contributed by atoms with Gasteiger partial charge in [-0.05, 0) is 61.4 Å². The molecule has 1 amide bonds. The molecule has 4 nitrogen and oxygen atoms in total. The van der Waals surface area contributed by atoms with Crippen LogP contribution in [-0.4, -0.2) is 32.3 Å². The molecule has 0 radical (unpaired) electrons. The first kappa shape index (κ1) is 16.8. The summed E-state index contributed by atoms with van der Waals surface area (Å²) in [6, 6.07) is 12.5. The average Bonchev–Trinajstić information content (AvgIpc) is 3.16. The minimum Gasteiger partial charge on any atom is -0.491 e. The summed E-state index contributed by atoms with van der Waals surface area (Å²) >= 11 is 0. The third kappa shape index (κ3) is 2.36. The van der Waals surface area contributed by atoms with Crippen LogP contribution >= 0.6 is 0 Å². The van der Waals surface area contributed by atoms with Crippen molar-refractivity contribution in [2.75, 3.05) is 31.3 Å². The number of para-hydroxylation sites is 1. The summed E-state index contributed by atoms with van der Waals surface area (Å²) in [5.74, 6) is 1.51. The monoisotopic (exact) mass is 363 g/mol. The molecule has 3 heterocycles. The van der Waals surface area contributed by atoms with Crippen molar-refractivity contribution in [2.24, 2.45) is 5.92 Å². The fourth-order valence-electron chi connectivity index (χ4n) is 4.80. The van der Waals surface area contributed by atoms with Crippen LogP contribution in [0.25, 0.3) is 0 Å². The third-order valence-electron chi connectivity index (χ3n) is 6.55. The normalized spacial score (nSPS) is 24.2. The van der Waals surface area contributed by atoms with Gasteiger partial charge in [0, 0.05) is 31.0 Å². The zero-order valence-corrected chi connectivity index (χ0v) is 16.0. The van der Waals surface area contributed by atoms with Crippen LogP contribution in [0.5, 0.6) is 5.75 Å². The Balaban J connectivity index is 1.61. The van der Waals surface area contributed by atoms with E-state index >= 15 is 0 Å². The van der Waals surface area contributed by atoms with Crippen LogP contribution in [0.15, 0.2) is 36.4 Å². The Labute approximate surface area is 160 Å². The highest BCUT2D eigenvalue weighted by Gasteiger charge is 2.57. The smallest absolute Gasteiger partial charge is 0.245 e. The minimum atomic E-state index is -0.699. The number of aryl methyl sites for hydroxylation is 2. The topological polar surface area (TPSA) is 38.8 Å². The summed E-state index contributed by atoms with van der Waals surface area (Å²) in [6.07, 6.45) is 2.04. The highest BCUT2D eigenvalue weighted by molar-refractivity contribution is 6.11. The van der Waals surface area contributed by atoms with Crippen LogP contribution < -0.4 is 9.64 Å². The lowest BCUT2D eigenvalue weighted by atomic mass is 9.76. The van der Waals surface area contributed by atoms with E-state index in [1.807, 2.05) is 17.0 Å². The third-order valence-corrected chi connectivity index (χ3v) is 6.55. The van der Waals surface area contributed by atoms with Crippen LogP contribution in [0.4, 0.5) is 5.69 Å². The summed E-state index contributed by atoms with van der Waals surface area (Å²) in [5, 5.41) is 0. The molecule has 3 aliphatic rings. The molecule has 2 aromatic rings. The van der Waals surface area contributed by atoms with Crippen molar-refractivity contribution in [3.05, 3.63) is 58.7 Å². The molecule has 3 aliphatic heterocycles. The molecule has 0 bridgehead atoms. The number of hydrogen-bond donors (Lipinski definition) is 0. The Morgan fingerprint density at radius 3 is 2.63 bits per heavy atom. The summed E-state index contributed by atoms with van der Waals surface area (Å²) in [6.45, 7) is 6.94. The van der Waals surface area contributed by atoms with Crippen LogP contribution in [0, 0.1) is 19.8 Å². The number of amides is 1. The molecule has 1 saturated heterocycles. The summed E-state index contributed by atoms with van der Waals surface area (Å²) < 4.78 is 11.6. The van der Waals surface area contributed by atoms with Gasteiger partial charge >= 0.3 is 0 Å². The van der Waals surface area contributed by atoms with Gasteiger partial charge in [0.05, 0.1) is 0 Å². The van der Waals surface area contributed by atoms with Gasteiger partial charge < -0.3 is 14.4 Å². The number of hydrogen-bond acceptors (Lipinski definition) is 3. The fraction of sp³-hybridized carbons (Fsp3) is 0.435. The molecule has 0 aromatic heterocycles. The molecular weight excluding hydrogens is 338 g/mol. The zero-order valence-electron chi connectivity index (χ0n) is 16.0. The first-order valence-corrected chi connectivity index (χ1v) is 9.85. The molecule has 4 heteroatoms. The van der Waals surface area contributed by atoms with Crippen LogP contribution in [-0.2, 0) is 14.9 Å². The fourth-order valence-corrected chi connectivity index (χ4v) is 4.80. The number of anilines is 1. The van der Waals surface area contributed by atoms with E-state index < -0.39 is 5.41 Å². The largest absolute Gasteiger partial charge is 0.491 e. The summed E-state index contributed by atoms with van der Waals surface area (Å²) in [5.41, 5.74) is 4.86. The van der Waals surface area contributed by atoms with Gasteiger partial charge in [0.15, 0.2) is 0 Å². The second kappa shape index (κ2) is 6.10. The Morgan fingerprint density at radius 1 is 1.07 bits per heavy atom. The van der Waals surface area contributed by atoms with E-state index in [2.05, 4.69) is 38.1 Å². The number of ether oxygens (including phenoxy) is 2. The standard InChI is InChI=1S/C23H25NO3/c1-15-11-19-21(12-16(15)2)27-14-23(19)18-5-3-4-6-20(18)24(22(23)25)13-17-7-9-26-10-8-17/h3-6,11-12,17H,7-10,13-14H2,1-2H3. The van der Waals surface area contributed by atoms with Crippen LogP contribution in [0.2, 0.25) is 0 Å². The second-order valence-electron chi connectivity index (χ2n) is 8.12. The van der Waals surface area contributed by atoms with E-state index in [-0.39, 0.29) is 5.91 Å². The lowest BCUT2D eigenvalue weighted by Crippen LogP contribution is -2.44. The first-order chi connectivity index (χ1) is 13.1. The average molecular weight is 363 g/mol. The quantitative estimate of drug-likeness (QED) is 0.816. The van der Waals surface area contributed by atoms with Crippen molar-refractivity contribution in [1.29, 1.82) is 0 Å². The lowest BCUT2D eigenvalue weighted by Gasteiger charge is -2.29. The van der Waals surface area contributed by atoms with Crippen molar-refractivity contribution in [2.45, 2.75) is 32.1 Å². The van der Waals surface area contributed by atoms with Gasteiger partial charge in [-0.2, -0.15) is 0 Å². The second-order valence-corrected chi connectivity index (χ2v) is 8.12. The lowest BCUT2D eigenvalue weighted by molar-refractivity contribution is -0.122. The predicted octanol–water partition coefficient (Wildman–Crippen LogP) is 3.76. The molecule has 5 rings (SSSR count). The zero-order chi connectivity index (χ0) is 18.6. The number of fused-ring (bicyclic) bond motifs is 4. The van der Waals surface area contributed by atoms with Crippen LogP contribution in [0.3, 0.4) is 0 Å². The Hall–Kier alpha value is -2.33. The van der Waals surface area contributed by atoms with Crippen molar-refractivity contribution in [1.82, 2.24) is 0 Å². The van der Waals surface area contributed by atoms with Gasteiger partial charge in [-0.3, -0.25) is 4.79 Å². The van der Waals surface area contributed by atoms with Crippen molar-refractivity contribution in [3.63, 3.8) is 0 Å². The van der Waals surface area contributed by atoms with E-state index in [0.717, 1.165) is 55.2 Å². The molecule has 0 N–H and O–H groups in total. The summed E-state index contributed by atoms with van der Waals surface area (Å²) in [7, 11) is 0. The number of rotatable bonds is 2. The number of carbonyl (C=O) groups excluding carboxylic acids is 1. The first-order valence-electron chi connectivity index (χ1n) is 9.85. The number of nitrogens with zero attached hydrogens (tertiary/aromatic N) is 1. The molecule has 1 atom stereocenters. The minimum absolute atomic E-state index is 0.164. The molecule has 140 valence electrons. The van der Waals surface area contributed by atoms with E-state index in [1.54, 1.807) is 0 Å². The molecule has 0 aliphatic carbocycles. The Bertz CT molecular complexity index is 916. The maximum atomic E-state index is 13.8. The van der Waals surface area contributed by atoms with Gasteiger partial charge in [0.1, 0.15) is 17.8 Å². The highest BCUT2D eigenvalue weighted by Crippen LogP contribution is 2.52. The molecule has 2 aromatic carbocycles. The van der Waals surface area contributed by atoms with Crippen molar-refractivity contribution < 1.29 is 14.3 Å². The molecule has 1 unspecified atom stereocenters. The van der Waals surface area contributed by atoms with Crippen molar-refractivity contribution in [3.8, 4) is 5.75 Å². The Kier molecular flexibility index (Phi) is 3.80. The van der Waals surface area contributed by atoms with Gasteiger partial charge in [-0.1, -0.05) is 24.3 Å². The molecular formula is C23H25NO3. The van der Waals surface area contributed by atoms with E-state index in [0.29, 0.717) is 12.5 Å². The summed E-state index contributed by atoms with van der Waals surface area (Å²) in [4.78, 5) is 15.8. The maximum Gasteiger partial charge on any atom is 0.245 e. The predicted molar refractivity (Wildman–Crippen MR) is 105 cm³/mol. The van der Waals surface area contributed by atoms with Crippen molar-refractivity contribution >= 4 is 11.6 Å². The van der Waals surface area contributed by atoms with Gasteiger partial charge in [-0.15, -0.1) is 0 Å². The maximum absolute atomic E-state index is 13.8. The van der Waals surface area contributed by atoms with E-state index in [1.165, 1.54) is 11.1 Å².